The Labute approximate surface area is 401 Å². The second-order valence-corrected chi connectivity index (χ2v) is 25.4. The Kier molecular flexibility index (Phi) is 8.84. The minimum absolute atomic E-state index is 0.0375. The number of aryl methyl sites for hydroxylation is 1. The fraction of sp³-hybridized carbons (Fsp3) is 0.397. The first-order valence-corrected chi connectivity index (χ1v) is 25.4. The molecule has 67 heavy (non-hydrogen) atoms. The van der Waals surface area contributed by atoms with E-state index in [4.69, 9.17) is 4.42 Å². The molecule has 12 rings (SSSR count). The summed E-state index contributed by atoms with van der Waals surface area (Å²) < 4.78 is 7.68. The van der Waals surface area contributed by atoms with Crippen LogP contribution in [0, 0.1) is 6.92 Å². The first-order valence-electron chi connectivity index (χ1n) is 25.4. The van der Waals surface area contributed by atoms with Gasteiger partial charge in [0.05, 0.1) is 11.3 Å². The monoisotopic (exact) mass is 881 g/mol. The Morgan fingerprint density at radius 3 is 1.51 bits per heavy atom. The zero-order chi connectivity index (χ0) is 47.0. The highest BCUT2D eigenvalue weighted by Crippen LogP contribution is 2.55. The maximum atomic E-state index is 7.68. The van der Waals surface area contributed by atoms with Crippen molar-refractivity contribution in [1.82, 2.24) is 0 Å². The van der Waals surface area contributed by atoms with E-state index >= 15 is 0 Å². The molecule has 0 amide bonds. The van der Waals surface area contributed by atoms with Gasteiger partial charge in [0.15, 0.2) is 0 Å². The predicted molar refractivity (Wildman–Crippen MR) is 286 cm³/mol. The van der Waals surface area contributed by atoms with Crippen LogP contribution < -0.4 is 26.4 Å². The lowest BCUT2D eigenvalue weighted by Gasteiger charge is -2.47. The summed E-state index contributed by atoms with van der Waals surface area (Å²) in [4.78, 5) is 5.25. The van der Waals surface area contributed by atoms with Crippen molar-refractivity contribution in [3.8, 4) is 11.1 Å². The predicted octanol–water partition coefficient (Wildman–Crippen LogP) is 15.5. The van der Waals surface area contributed by atoms with Crippen LogP contribution in [0.15, 0.2) is 114 Å². The summed E-state index contributed by atoms with van der Waals surface area (Å²) in [6.07, 6.45) is 7.01. The van der Waals surface area contributed by atoms with Gasteiger partial charge >= 0.3 is 0 Å². The Morgan fingerprint density at radius 1 is 0.433 bits per heavy atom. The molecule has 0 atom stereocenters. The standard InChI is InChI=1S/C63H69BN2O/c1-38-31-52-55-53(32-38)66(42-23-24-44-45(33-42)59(4,5)26-25-58(44,2)3)56-43-34-46-49(63(12,13)30-27-60(46,6)7)37-54(43)67-57(56)64(55)50-35-47-48(62(10,11)29-28-61(47,8)9)36-51(50)65(52)41-21-19-40(20-22-41)39-17-15-14-16-18-39/h14-24,31-37H,25-30H2,1-13H3. The summed E-state index contributed by atoms with van der Waals surface area (Å²) in [5, 5.41) is 1.23. The number of furan rings is 1. The molecule has 4 heteroatoms. The largest absolute Gasteiger partial charge is 0.468 e. The van der Waals surface area contributed by atoms with Gasteiger partial charge in [0.25, 0.3) is 6.71 Å². The summed E-state index contributed by atoms with van der Waals surface area (Å²) in [6, 6.07) is 42.8. The lowest BCUT2D eigenvalue weighted by molar-refractivity contribution is 0.332. The molecule has 7 aromatic rings. The van der Waals surface area contributed by atoms with Crippen LogP contribution in [0.1, 0.15) is 161 Å². The van der Waals surface area contributed by atoms with Gasteiger partial charge in [-0.05, 0) is 194 Å². The van der Waals surface area contributed by atoms with Crippen LogP contribution in [0.2, 0.25) is 0 Å². The van der Waals surface area contributed by atoms with Gasteiger partial charge in [-0.25, -0.2) is 0 Å². The molecule has 340 valence electrons. The number of anilines is 6. The van der Waals surface area contributed by atoms with Crippen molar-refractivity contribution in [3.05, 3.63) is 148 Å². The highest BCUT2D eigenvalue weighted by molar-refractivity contribution is 7.00. The third kappa shape index (κ3) is 6.22. The van der Waals surface area contributed by atoms with E-state index in [0.29, 0.717) is 0 Å². The van der Waals surface area contributed by atoms with Crippen molar-refractivity contribution in [3.63, 3.8) is 0 Å². The molecule has 2 aliphatic heterocycles. The van der Waals surface area contributed by atoms with Crippen LogP contribution >= 0.6 is 0 Å². The molecule has 6 aromatic carbocycles. The SMILES string of the molecule is Cc1cc2c3c(c1)N(c1ccc4c(c1)C(C)(C)CCC4(C)C)c1c(oc4cc5c(cc14)C(C)(C)CCC5(C)C)B3c1cc3c(cc1N2c1ccc(-c2ccccc2)cc1)C(C)(C)CCC3(C)C. The van der Waals surface area contributed by atoms with Crippen molar-refractivity contribution < 1.29 is 4.42 Å². The molecule has 0 saturated carbocycles. The number of hydrogen-bond donors (Lipinski definition) is 0. The van der Waals surface area contributed by atoms with Crippen LogP contribution in [0.3, 0.4) is 0 Å². The van der Waals surface area contributed by atoms with E-state index in [-0.39, 0.29) is 39.2 Å². The fourth-order valence-electron chi connectivity index (χ4n) is 13.4. The number of nitrogens with zero attached hydrogens (tertiary/aromatic N) is 2. The van der Waals surface area contributed by atoms with Gasteiger partial charge in [0, 0.05) is 33.8 Å². The lowest BCUT2D eigenvalue weighted by Crippen LogP contribution is -2.61. The van der Waals surface area contributed by atoms with Gasteiger partial charge in [0.2, 0.25) is 0 Å². The Balaban J connectivity index is 1.19. The van der Waals surface area contributed by atoms with Gasteiger partial charge < -0.3 is 14.2 Å². The highest BCUT2D eigenvalue weighted by Gasteiger charge is 2.50. The van der Waals surface area contributed by atoms with E-state index in [9.17, 15) is 0 Å². The minimum atomic E-state index is -0.101. The van der Waals surface area contributed by atoms with E-state index in [2.05, 4.69) is 209 Å². The van der Waals surface area contributed by atoms with E-state index in [1.165, 1.54) is 120 Å². The van der Waals surface area contributed by atoms with Gasteiger partial charge in [0.1, 0.15) is 5.58 Å². The topological polar surface area (TPSA) is 19.6 Å². The number of hydrogen-bond acceptors (Lipinski definition) is 3. The zero-order valence-corrected chi connectivity index (χ0v) is 42.5. The molecule has 1 aromatic heterocycles. The molecule has 0 fully saturated rings. The third-order valence-electron chi connectivity index (χ3n) is 18.1. The number of benzene rings is 6. The van der Waals surface area contributed by atoms with Crippen LogP contribution in [-0.2, 0) is 32.5 Å². The normalized spacial score (nSPS) is 20.6. The second-order valence-electron chi connectivity index (χ2n) is 25.4. The fourth-order valence-corrected chi connectivity index (χ4v) is 13.4. The molecular formula is C63H69BN2O. The molecule has 0 saturated heterocycles. The Hall–Kier alpha value is -5.48. The maximum absolute atomic E-state index is 7.68. The molecule has 0 N–H and O–H groups in total. The van der Waals surface area contributed by atoms with Crippen molar-refractivity contribution in [2.75, 3.05) is 9.80 Å². The van der Waals surface area contributed by atoms with Crippen LogP contribution in [0.4, 0.5) is 34.1 Å². The average Bonchev–Trinajstić information content (AvgIpc) is 3.66. The zero-order valence-electron chi connectivity index (χ0n) is 42.5. The van der Waals surface area contributed by atoms with E-state index in [1.54, 1.807) is 0 Å². The number of rotatable bonds is 3. The second kappa shape index (κ2) is 13.8. The molecule has 3 aliphatic carbocycles. The van der Waals surface area contributed by atoms with Gasteiger partial charge in [-0.1, -0.05) is 138 Å². The molecule has 3 heterocycles. The summed E-state index contributed by atoms with van der Waals surface area (Å²) in [7, 11) is 0. The van der Waals surface area contributed by atoms with Gasteiger partial charge in [-0.3, -0.25) is 0 Å². The van der Waals surface area contributed by atoms with Crippen molar-refractivity contribution in [1.29, 1.82) is 0 Å². The summed E-state index contributed by atoms with van der Waals surface area (Å²) in [6.45, 7) is 31.7. The summed E-state index contributed by atoms with van der Waals surface area (Å²) >= 11 is 0. The van der Waals surface area contributed by atoms with Gasteiger partial charge in [-0.15, -0.1) is 0 Å². The molecule has 3 nitrogen and oxygen atoms in total. The third-order valence-corrected chi connectivity index (χ3v) is 18.1. The molecule has 0 unspecified atom stereocenters. The Bertz CT molecular complexity index is 3210. The number of fused-ring (bicyclic) bond motifs is 9. The van der Waals surface area contributed by atoms with Gasteiger partial charge in [-0.2, -0.15) is 0 Å². The van der Waals surface area contributed by atoms with E-state index in [1.807, 2.05) is 0 Å². The first-order chi connectivity index (χ1) is 31.6. The van der Waals surface area contributed by atoms with Crippen molar-refractivity contribution in [2.24, 2.45) is 0 Å². The summed E-state index contributed by atoms with van der Waals surface area (Å²) in [5.41, 5.74) is 25.0. The van der Waals surface area contributed by atoms with Crippen LogP contribution in [0.25, 0.3) is 22.1 Å². The minimum Gasteiger partial charge on any atom is -0.468 e. The molecule has 5 aliphatic rings. The summed E-state index contributed by atoms with van der Waals surface area (Å²) in [5.74, 6) is 0. The van der Waals surface area contributed by atoms with Crippen molar-refractivity contribution >= 4 is 68.4 Å². The quantitative estimate of drug-likeness (QED) is 0.165. The lowest BCUT2D eigenvalue weighted by atomic mass is 9.35. The maximum Gasteiger partial charge on any atom is 0.297 e. The molecule has 0 radical (unpaired) electrons. The molecular weight excluding hydrogens is 812 g/mol. The molecule has 0 spiro atoms. The van der Waals surface area contributed by atoms with Crippen LogP contribution in [0.5, 0.6) is 0 Å². The molecule has 0 bridgehead atoms. The first kappa shape index (κ1) is 42.8. The van der Waals surface area contributed by atoms with Crippen LogP contribution in [-0.4, -0.2) is 6.71 Å². The Morgan fingerprint density at radius 2 is 0.910 bits per heavy atom. The highest BCUT2D eigenvalue weighted by atomic mass is 16.3. The average molecular weight is 881 g/mol. The van der Waals surface area contributed by atoms with Crippen molar-refractivity contribution in [2.45, 2.75) is 161 Å². The smallest absolute Gasteiger partial charge is 0.297 e. The van der Waals surface area contributed by atoms with E-state index in [0.717, 1.165) is 30.5 Å². The van der Waals surface area contributed by atoms with E-state index < -0.39 is 0 Å².